The van der Waals surface area contributed by atoms with Crippen LogP contribution in [0.5, 0.6) is 5.75 Å². The zero-order chi connectivity index (χ0) is 9.42. The number of fused-ring (bicyclic) bond motifs is 1. The molecule has 0 aliphatic carbocycles. The normalized spacial score (nSPS) is 10.7. The highest BCUT2D eigenvalue weighted by molar-refractivity contribution is 14.1. The molecule has 0 atom stereocenters. The van der Waals surface area contributed by atoms with Crippen molar-refractivity contribution in [3.8, 4) is 5.75 Å². The molecule has 4 heteroatoms. The summed E-state index contributed by atoms with van der Waals surface area (Å²) in [6.45, 7) is 0. The van der Waals surface area contributed by atoms with Crippen molar-refractivity contribution in [3.63, 3.8) is 0 Å². The molecule has 0 bridgehead atoms. The predicted molar refractivity (Wildman–Crippen MR) is 63.2 cm³/mol. The maximum atomic E-state index is 5.42. The van der Waals surface area contributed by atoms with E-state index in [4.69, 9.17) is 9.15 Å². The zero-order valence-electron chi connectivity index (χ0n) is 6.80. The molecule has 0 aliphatic heterocycles. The van der Waals surface area contributed by atoms with Crippen LogP contribution in [0.3, 0.4) is 0 Å². The highest BCUT2D eigenvalue weighted by Gasteiger charge is 2.07. The molecule has 0 N–H and O–H groups in total. The van der Waals surface area contributed by atoms with E-state index in [0.717, 1.165) is 25.0 Å². The number of halogens is 2. The zero-order valence-corrected chi connectivity index (χ0v) is 10.5. The average molecular weight is 353 g/mol. The summed E-state index contributed by atoms with van der Waals surface area (Å²) in [7, 11) is 1.66. The van der Waals surface area contributed by atoms with Gasteiger partial charge in [0.2, 0.25) is 0 Å². The van der Waals surface area contributed by atoms with Gasteiger partial charge in [0, 0.05) is 9.64 Å². The average Bonchev–Trinajstić information content (AvgIpc) is 2.43. The molecule has 2 nitrogen and oxygen atoms in total. The highest BCUT2D eigenvalue weighted by Crippen LogP contribution is 2.32. The lowest BCUT2D eigenvalue weighted by atomic mass is 10.2. The summed E-state index contributed by atoms with van der Waals surface area (Å²) in [5, 5.41) is 0.995. The number of hydrogen-bond acceptors (Lipinski definition) is 2. The molecule has 0 aliphatic rings. The molecular formula is C9H6BrIO2. The fraction of sp³-hybridized carbons (Fsp3) is 0.111. The molecule has 1 heterocycles. The fourth-order valence-corrected chi connectivity index (χ4v) is 2.18. The smallest absolute Gasteiger partial charge is 0.170 e. The lowest BCUT2D eigenvalue weighted by Gasteiger charge is -2.00. The third-order valence-electron chi connectivity index (χ3n) is 1.75. The Morgan fingerprint density at radius 1 is 1.38 bits per heavy atom. The van der Waals surface area contributed by atoms with E-state index in [1.165, 1.54) is 0 Å². The molecule has 13 heavy (non-hydrogen) atoms. The van der Waals surface area contributed by atoms with Crippen LogP contribution >= 0.6 is 38.5 Å². The Kier molecular flexibility index (Phi) is 2.51. The van der Waals surface area contributed by atoms with Crippen LogP contribution in [0.1, 0.15) is 0 Å². The van der Waals surface area contributed by atoms with Gasteiger partial charge in [-0.25, -0.2) is 0 Å². The second-order valence-corrected chi connectivity index (χ2v) is 4.60. The van der Waals surface area contributed by atoms with E-state index in [0.29, 0.717) is 0 Å². The van der Waals surface area contributed by atoms with Crippen molar-refractivity contribution < 1.29 is 9.15 Å². The van der Waals surface area contributed by atoms with Crippen LogP contribution in [0.15, 0.2) is 27.3 Å². The number of ether oxygens (including phenoxy) is 1. The Bertz CT molecular complexity index is 450. The number of rotatable bonds is 1. The van der Waals surface area contributed by atoms with Crippen molar-refractivity contribution in [2.24, 2.45) is 0 Å². The molecule has 0 radical (unpaired) electrons. The molecule has 1 aromatic heterocycles. The summed E-state index contributed by atoms with van der Waals surface area (Å²) >= 11 is 5.52. The molecule has 2 aromatic rings. The molecule has 2 rings (SSSR count). The largest absolute Gasteiger partial charge is 0.496 e. The van der Waals surface area contributed by atoms with Crippen LogP contribution in [0, 0.1) is 3.57 Å². The molecule has 0 amide bonds. The lowest BCUT2D eigenvalue weighted by molar-refractivity contribution is 0.419. The van der Waals surface area contributed by atoms with Crippen molar-refractivity contribution in [1.29, 1.82) is 0 Å². The summed E-state index contributed by atoms with van der Waals surface area (Å²) in [6, 6.07) is 5.86. The van der Waals surface area contributed by atoms with E-state index in [9.17, 15) is 0 Å². The van der Waals surface area contributed by atoms with Gasteiger partial charge >= 0.3 is 0 Å². The van der Waals surface area contributed by atoms with E-state index in [1.807, 2.05) is 18.2 Å². The summed E-state index contributed by atoms with van der Waals surface area (Å²) in [4.78, 5) is 0. The van der Waals surface area contributed by atoms with E-state index < -0.39 is 0 Å². The molecule has 68 valence electrons. The van der Waals surface area contributed by atoms with E-state index in [1.54, 1.807) is 7.11 Å². The summed E-state index contributed by atoms with van der Waals surface area (Å²) < 4.78 is 12.5. The van der Waals surface area contributed by atoms with Crippen LogP contribution in [-0.4, -0.2) is 7.11 Å². The van der Waals surface area contributed by atoms with Gasteiger partial charge < -0.3 is 9.15 Å². The molecule has 0 fully saturated rings. The predicted octanol–water partition coefficient (Wildman–Crippen LogP) is 3.81. The van der Waals surface area contributed by atoms with Gasteiger partial charge in [0.1, 0.15) is 11.3 Å². The molecule has 0 saturated heterocycles. The Hall–Kier alpha value is -0.230. The topological polar surface area (TPSA) is 22.4 Å². The number of benzene rings is 1. The quantitative estimate of drug-likeness (QED) is 0.728. The van der Waals surface area contributed by atoms with Crippen molar-refractivity contribution in [1.82, 2.24) is 0 Å². The second kappa shape index (κ2) is 3.49. The van der Waals surface area contributed by atoms with E-state index in [-0.39, 0.29) is 0 Å². The van der Waals surface area contributed by atoms with Gasteiger partial charge in [0.05, 0.1) is 12.5 Å². The SMILES string of the molecule is COc1cc(I)cc2oc(Br)cc12. The number of furan rings is 1. The molecule has 0 unspecified atom stereocenters. The van der Waals surface area contributed by atoms with Crippen LogP contribution < -0.4 is 4.74 Å². The Morgan fingerprint density at radius 2 is 2.15 bits per heavy atom. The Labute approximate surface area is 97.5 Å². The third-order valence-corrected chi connectivity index (χ3v) is 2.77. The number of methoxy groups -OCH3 is 1. The first kappa shape index (κ1) is 9.33. The van der Waals surface area contributed by atoms with Gasteiger partial charge in [0.15, 0.2) is 4.67 Å². The van der Waals surface area contributed by atoms with Crippen LogP contribution in [0.4, 0.5) is 0 Å². The molecule has 0 saturated carbocycles. The Balaban J connectivity index is 2.80. The van der Waals surface area contributed by atoms with Crippen LogP contribution in [0.2, 0.25) is 0 Å². The minimum absolute atomic E-state index is 0.725. The Morgan fingerprint density at radius 3 is 2.85 bits per heavy atom. The van der Waals surface area contributed by atoms with Gasteiger partial charge in [-0.05, 0) is 50.7 Å². The van der Waals surface area contributed by atoms with Crippen molar-refractivity contribution in [2.75, 3.05) is 7.11 Å². The summed E-state index contributed by atoms with van der Waals surface area (Å²) in [5.74, 6) is 0.844. The van der Waals surface area contributed by atoms with Crippen LogP contribution in [-0.2, 0) is 0 Å². The maximum Gasteiger partial charge on any atom is 0.170 e. The van der Waals surface area contributed by atoms with E-state index >= 15 is 0 Å². The molecule has 0 spiro atoms. The first-order valence-corrected chi connectivity index (χ1v) is 5.50. The minimum atomic E-state index is 0.725. The molecular weight excluding hydrogens is 347 g/mol. The van der Waals surface area contributed by atoms with Crippen molar-refractivity contribution in [3.05, 3.63) is 26.4 Å². The minimum Gasteiger partial charge on any atom is -0.496 e. The third kappa shape index (κ3) is 1.69. The summed E-state index contributed by atoms with van der Waals surface area (Å²) in [5.41, 5.74) is 0.843. The van der Waals surface area contributed by atoms with Crippen molar-refractivity contribution >= 4 is 49.5 Å². The first-order valence-electron chi connectivity index (χ1n) is 3.63. The van der Waals surface area contributed by atoms with Crippen LogP contribution in [0.25, 0.3) is 11.0 Å². The van der Waals surface area contributed by atoms with Gasteiger partial charge in [0.25, 0.3) is 0 Å². The van der Waals surface area contributed by atoms with E-state index in [2.05, 4.69) is 38.5 Å². The van der Waals surface area contributed by atoms with Gasteiger partial charge in [-0.3, -0.25) is 0 Å². The number of hydrogen-bond donors (Lipinski definition) is 0. The van der Waals surface area contributed by atoms with Gasteiger partial charge in [-0.15, -0.1) is 0 Å². The summed E-state index contributed by atoms with van der Waals surface area (Å²) in [6.07, 6.45) is 0. The standard InChI is InChI=1S/C9H6BrIO2/c1-12-7-2-5(11)3-8-6(7)4-9(10)13-8/h2-4H,1H3. The van der Waals surface area contributed by atoms with Crippen molar-refractivity contribution in [2.45, 2.75) is 0 Å². The lowest BCUT2D eigenvalue weighted by Crippen LogP contribution is -1.83. The van der Waals surface area contributed by atoms with Gasteiger partial charge in [-0.1, -0.05) is 0 Å². The first-order chi connectivity index (χ1) is 6.20. The molecule has 1 aromatic carbocycles. The highest BCUT2D eigenvalue weighted by atomic mass is 127. The fourth-order valence-electron chi connectivity index (χ4n) is 1.21. The second-order valence-electron chi connectivity index (χ2n) is 2.57. The monoisotopic (exact) mass is 352 g/mol. The van der Waals surface area contributed by atoms with Gasteiger partial charge in [-0.2, -0.15) is 0 Å². The maximum absolute atomic E-state index is 5.42.